The quantitative estimate of drug-likeness (QED) is 0.572. The van der Waals surface area contributed by atoms with Gasteiger partial charge in [0.2, 0.25) is 11.8 Å². The van der Waals surface area contributed by atoms with Crippen molar-refractivity contribution in [3.05, 3.63) is 35.4 Å². The minimum atomic E-state index is -0.898. The molecular formula is C13H10N2O4. The Morgan fingerprint density at radius 2 is 1.58 bits per heavy atom. The van der Waals surface area contributed by atoms with Crippen LogP contribution in [0.15, 0.2) is 24.3 Å². The molecule has 1 saturated heterocycles. The number of carbonyl (C=O) groups is 4. The van der Waals surface area contributed by atoms with Crippen molar-refractivity contribution in [2.24, 2.45) is 0 Å². The molecule has 3 rings (SSSR count). The van der Waals surface area contributed by atoms with Gasteiger partial charge >= 0.3 is 0 Å². The molecule has 1 fully saturated rings. The third kappa shape index (κ3) is 1.64. The third-order valence-electron chi connectivity index (χ3n) is 3.35. The molecule has 1 unspecified atom stereocenters. The third-order valence-corrected chi connectivity index (χ3v) is 3.35. The predicted octanol–water partition coefficient (Wildman–Crippen LogP) is 0.0878. The number of amides is 4. The molecule has 1 aromatic carbocycles. The molecule has 1 N–H and O–H groups in total. The lowest BCUT2D eigenvalue weighted by atomic mass is 10.1. The van der Waals surface area contributed by atoms with Gasteiger partial charge in [-0.05, 0) is 18.6 Å². The molecule has 0 saturated carbocycles. The van der Waals surface area contributed by atoms with Gasteiger partial charge in [-0.2, -0.15) is 0 Å². The second-order valence-corrected chi connectivity index (χ2v) is 4.49. The van der Waals surface area contributed by atoms with Gasteiger partial charge in [0.1, 0.15) is 6.04 Å². The highest BCUT2D eigenvalue weighted by molar-refractivity contribution is 6.23. The monoisotopic (exact) mass is 259 g/mol. The summed E-state index contributed by atoms with van der Waals surface area (Å²) < 4.78 is 0. The zero-order valence-corrected chi connectivity index (χ0v) is 9.88. The van der Waals surface area contributed by atoms with Gasteiger partial charge in [0.15, 0.2) is 0 Å². The van der Waals surface area contributed by atoms with Crippen molar-refractivity contribution in [1.29, 1.82) is 0 Å². The number of nitrogens with zero attached hydrogens (tertiary/aromatic N) is 1. The summed E-state index contributed by atoms with van der Waals surface area (Å²) in [5.74, 6) is -1.92. The molecular weight excluding hydrogens is 249 g/mol. The minimum Gasteiger partial charge on any atom is -0.295 e. The fraction of sp³-hybridized carbons (Fsp3) is 0.231. The highest BCUT2D eigenvalue weighted by Gasteiger charge is 2.44. The standard InChI is InChI=1S/C13H10N2O4/c16-10-6-5-9(11(17)14-10)15-12(18)7-3-1-2-4-8(7)13(15)19/h1-4,9H,5-6H2,(H,14,16,17)/i14+1. The van der Waals surface area contributed by atoms with E-state index in [-0.39, 0.29) is 18.7 Å². The molecule has 0 aliphatic carbocycles. The molecule has 4 amide bonds. The number of hydrogen-bond donors (Lipinski definition) is 1. The van der Waals surface area contributed by atoms with Gasteiger partial charge in [-0.3, -0.25) is 29.4 Å². The van der Waals surface area contributed by atoms with Gasteiger partial charge in [-0.1, -0.05) is 12.1 Å². The summed E-state index contributed by atoms with van der Waals surface area (Å²) in [7, 11) is 0. The number of piperidine rings is 1. The average molecular weight is 259 g/mol. The Kier molecular flexibility index (Phi) is 2.45. The van der Waals surface area contributed by atoms with Crippen LogP contribution in [0.3, 0.4) is 0 Å². The summed E-state index contributed by atoms with van der Waals surface area (Å²) in [5, 5.41) is 2.15. The van der Waals surface area contributed by atoms with Crippen LogP contribution in [-0.4, -0.2) is 34.6 Å². The first-order chi connectivity index (χ1) is 9.09. The first kappa shape index (κ1) is 11.6. The first-order valence-electron chi connectivity index (χ1n) is 5.90. The van der Waals surface area contributed by atoms with Crippen molar-refractivity contribution in [2.75, 3.05) is 0 Å². The molecule has 0 aromatic heterocycles. The Hall–Kier alpha value is -2.50. The van der Waals surface area contributed by atoms with E-state index in [1.807, 2.05) is 0 Å². The van der Waals surface area contributed by atoms with Crippen LogP contribution in [-0.2, 0) is 9.59 Å². The SMILES string of the molecule is O=C1CCC(N2C(=O)c3ccccc3C2=O)C(=O)[15NH]1. The number of rotatable bonds is 1. The summed E-state index contributed by atoms with van der Waals surface area (Å²) in [6.07, 6.45) is 0.306. The van der Waals surface area contributed by atoms with Crippen LogP contribution >= 0.6 is 0 Å². The molecule has 0 spiro atoms. The van der Waals surface area contributed by atoms with Gasteiger partial charge in [0, 0.05) is 6.42 Å². The number of fused-ring (bicyclic) bond motifs is 1. The van der Waals surface area contributed by atoms with Gasteiger partial charge in [-0.25, -0.2) is 0 Å². The van der Waals surface area contributed by atoms with Crippen LogP contribution in [0.1, 0.15) is 33.6 Å². The first-order valence-corrected chi connectivity index (χ1v) is 5.90. The van der Waals surface area contributed by atoms with E-state index in [1.165, 1.54) is 0 Å². The highest BCUT2D eigenvalue weighted by atomic mass is 16.2. The van der Waals surface area contributed by atoms with E-state index >= 15 is 0 Å². The summed E-state index contributed by atoms with van der Waals surface area (Å²) in [6, 6.07) is 5.55. The summed E-state index contributed by atoms with van der Waals surface area (Å²) in [6.45, 7) is 0. The molecule has 0 radical (unpaired) electrons. The van der Waals surface area contributed by atoms with Crippen molar-refractivity contribution < 1.29 is 19.2 Å². The molecule has 1 atom stereocenters. The zero-order valence-electron chi connectivity index (χ0n) is 9.88. The maximum Gasteiger partial charge on any atom is 0.262 e. The number of imide groups is 2. The number of nitrogens with one attached hydrogen (secondary N) is 1. The van der Waals surface area contributed by atoms with Gasteiger partial charge in [0.25, 0.3) is 11.8 Å². The van der Waals surface area contributed by atoms with Crippen molar-refractivity contribution >= 4 is 23.6 Å². The second kappa shape index (κ2) is 4.01. The van der Waals surface area contributed by atoms with E-state index in [1.54, 1.807) is 24.3 Å². The smallest absolute Gasteiger partial charge is 0.262 e. The molecule has 6 heteroatoms. The number of benzene rings is 1. The van der Waals surface area contributed by atoms with Gasteiger partial charge < -0.3 is 0 Å². The Bertz CT molecular complexity index is 588. The fourth-order valence-corrected chi connectivity index (χ4v) is 2.42. The van der Waals surface area contributed by atoms with Crippen LogP contribution < -0.4 is 5.32 Å². The van der Waals surface area contributed by atoms with Crippen molar-refractivity contribution in [2.45, 2.75) is 18.9 Å². The molecule has 2 heterocycles. The minimum absolute atomic E-state index is 0.129. The second-order valence-electron chi connectivity index (χ2n) is 4.49. The van der Waals surface area contributed by atoms with Crippen molar-refractivity contribution in [1.82, 2.24) is 10.2 Å². The molecule has 6 nitrogen and oxygen atoms in total. The highest BCUT2D eigenvalue weighted by Crippen LogP contribution is 2.26. The lowest BCUT2D eigenvalue weighted by Crippen LogP contribution is -2.54. The van der Waals surface area contributed by atoms with E-state index in [2.05, 4.69) is 5.32 Å². The van der Waals surface area contributed by atoms with Crippen molar-refractivity contribution in [3.8, 4) is 0 Å². The maximum absolute atomic E-state index is 12.2. The Balaban J connectivity index is 1.96. The van der Waals surface area contributed by atoms with E-state index in [9.17, 15) is 19.2 Å². The Morgan fingerprint density at radius 3 is 2.11 bits per heavy atom. The summed E-state index contributed by atoms with van der Waals surface area (Å²) in [4.78, 5) is 48.1. The summed E-state index contributed by atoms with van der Waals surface area (Å²) >= 11 is 0. The number of carbonyl (C=O) groups excluding carboxylic acids is 4. The normalized spacial score (nSPS) is 22.5. The fourth-order valence-electron chi connectivity index (χ4n) is 2.42. The van der Waals surface area contributed by atoms with Crippen LogP contribution in [0.4, 0.5) is 0 Å². The molecule has 2 aliphatic rings. The van der Waals surface area contributed by atoms with Crippen LogP contribution in [0, 0.1) is 0 Å². The van der Waals surface area contributed by atoms with E-state index < -0.39 is 23.8 Å². The topological polar surface area (TPSA) is 83.6 Å². The van der Waals surface area contributed by atoms with Crippen LogP contribution in [0.5, 0.6) is 0 Å². The van der Waals surface area contributed by atoms with Crippen molar-refractivity contribution in [3.63, 3.8) is 0 Å². The van der Waals surface area contributed by atoms with Gasteiger partial charge in [-0.15, -0.1) is 0 Å². The van der Waals surface area contributed by atoms with Gasteiger partial charge in [0.05, 0.1) is 11.1 Å². The maximum atomic E-state index is 12.2. The lowest BCUT2D eigenvalue weighted by molar-refractivity contribution is -0.136. The molecule has 1 aromatic rings. The zero-order chi connectivity index (χ0) is 13.6. The molecule has 0 bridgehead atoms. The predicted molar refractivity (Wildman–Crippen MR) is 63.1 cm³/mol. The van der Waals surface area contributed by atoms with E-state index in [0.29, 0.717) is 11.1 Å². The van der Waals surface area contributed by atoms with E-state index in [0.717, 1.165) is 4.90 Å². The molecule has 19 heavy (non-hydrogen) atoms. The molecule has 96 valence electrons. The van der Waals surface area contributed by atoms with E-state index in [4.69, 9.17) is 0 Å². The van der Waals surface area contributed by atoms with Crippen LogP contribution in [0.25, 0.3) is 0 Å². The molecule has 2 aliphatic heterocycles. The lowest BCUT2D eigenvalue weighted by Gasteiger charge is -2.27. The summed E-state index contributed by atoms with van der Waals surface area (Å²) in [5.41, 5.74) is 0.606. The number of hydrogen-bond acceptors (Lipinski definition) is 4. The Morgan fingerprint density at radius 1 is 1.00 bits per heavy atom. The Labute approximate surface area is 108 Å². The van der Waals surface area contributed by atoms with Crippen LogP contribution in [0.2, 0.25) is 0 Å². The average Bonchev–Trinajstić information content (AvgIpc) is 2.64. The largest absolute Gasteiger partial charge is 0.295 e.